The smallest absolute Gasteiger partial charge is 0.0689 e. The highest BCUT2D eigenvalue weighted by Gasteiger charge is 2.03. The second kappa shape index (κ2) is 4.24. The Morgan fingerprint density at radius 3 is 2.53 bits per heavy atom. The van der Waals surface area contributed by atoms with Gasteiger partial charge >= 0.3 is 0 Å². The van der Waals surface area contributed by atoms with Crippen molar-refractivity contribution in [3.8, 4) is 11.1 Å². The number of aryl methyl sites for hydroxylation is 1. The van der Waals surface area contributed by atoms with Crippen LogP contribution in [-0.2, 0) is 6.61 Å². The fourth-order valence-corrected chi connectivity index (χ4v) is 1.55. The van der Waals surface area contributed by atoms with Crippen molar-refractivity contribution in [2.75, 3.05) is 0 Å². The Bertz CT molecular complexity index is 448. The average Bonchev–Trinajstić information content (AvgIpc) is 2.30. The molecule has 1 N–H and O–H groups in total. The van der Waals surface area contributed by atoms with E-state index in [1.807, 2.05) is 18.2 Å². The summed E-state index contributed by atoms with van der Waals surface area (Å²) >= 11 is 0. The first-order valence-electron chi connectivity index (χ1n) is 4.92. The number of aliphatic hydroxyl groups excluding tert-OH is 1. The van der Waals surface area contributed by atoms with Crippen molar-refractivity contribution < 1.29 is 5.11 Å². The molecule has 0 saturated carbocycles. The van der Waals surface area contributed by atoms with Crippen LogP contribution in [0.25, 0.3) is 11.1 Å². The molecule has 0 amide bonds. The Morgan fingerprint density at radius 2 is 1.87 bits per heavy atom. The van der Waals surface area contributed by atoms with E-state index < -0.39 is 0 Å². The Morgan fingerprint density at radius 1 is 1.13 bits per heavy atom. The van der Waals surface area contributed by atoms with E-state index in [1.54, 1.807) is 12.4 Å². The third-order valence-electron chi connectivity index (χ3n) is 2.44. The van der Waals surface area contributed by atoms with Crippen LogP contribution in [0, 0.1) is 6.92 Å². The van der Waals surface area contributed by atoms with Gasteiger partial charge in [0.15, 0.2) is 0 Å². The zero-order valence-corrected chi connectivity index (χ0v) is 8.64. The molecule has 2 heteroatoms. The molecule has 0 saturated heterocycles. The van der Waals surface area contributed by atoms with Crippen LogP contribution < -0.4 is 0 Å². The van der Waals surface area contributed by atoms with E-state index in [4.69, 9.17) is 0 Å². The number of benzene rings is 1. The third-order valence-corrected chi connectivity index (χ3v) is 2.44. The van der Waals surface area contributed by atoms with Crippen LogP contribution in [-0.4, -0.2) is 10.1 Å². The Balaban J connectivity index is 2.49. The lowest BCUT2D eigenvalue weighted by molar-refractivity contribution is 0.282. The van der Waals surface area contributed by atoms with Crippen LogP contribution in [0.1, 0.15) is 11.1 Å². The number of aromatic nitrogens is 1. The maximum Gasteiger partial charge on any atom is 0.0689 e. The predicted molar refractivity (Wildman–Crippen MR) is 60.3 cm³/mol. The van der Waals surface area contributed by atoms with E-state index in [1.165, 1.54) is 5.56 Å². The number of hydrogen-bond acceptors (Lipinski definition) is 2. The van der Waals surface area contributed by atoms with Gasteiger partial charge in [0.1, 0.15) is 0 Å². The second-order valence-corrected chi connectivity index (χ2v) is 3.56. The fourth-order valence-electron chi connectivity index (χ4n) is 1.55. The Labute approximate surface area is 89.2 Å². The SMILES string of the molecule is Cc1ccc(-c2cnccc2CO)cc1. The number of hydrogen-bond donors (Lipinski definition) is 1. The first-order chi connectivity index (χ1) is 7.31. The Kier molecular flexibility index (Phi) is 2.79. The fraction of sp³-hybridized carbons (Fsp3) is 0.154. The lowest BCUT2D eigenvalue weighted by Crippen LogP contribution is -1.90. The second-order valence-electron chi connectivity index (χ2n) is 3.56. The predicted octanol–water partition coefficient (Wildman–Crippen LogP) is 2.55. The van der Waals surface area contributed by atoms with Crippen LogP contribution in [0.4, 0.5) is 0 Å². The molecule has 0 aliphatic carbocycles. The van der Waals surface area contributed by atoms with Crippen molar-refractivity contribution in [2.24, 2.45) is 0 Å². The molecular weight excluding hydrogens is 186 g/mol. The molecule has 0 unspecified atom stereocenters. The molecule has 15 heavy (non-hydrogen) atoms. The van der Waals surface area contributed by atoms with Crippen LogP contribution in [0.2, 0.25) is 0 Å². The third kappa shape index (κ3) is 2.05. The zero-order chi connectivity index (χ0) is 10.7. The highest BCUT2D eigenvalue weighted by Crippen LogP contribution is 2.22. The van der Waals surface area contributed by atoms with Crippen LogP contribution in [0.5, 0.6) is 0 Å². The van der Waals surface area contributed by atoms with Gasteiger partial charge in [0.25, 0.3) is 0 Å². The van der Waals surface area contributed by atoms with Gasteiger partial charge in [-0.2, -0.15) is 0 Å². The number of pyridine rings is 1. The summed E-state index contributed by atoms with van der Waals surface area (Å²) in [4.78, 5) is 4.08. The average molecular weight is 199 g/mol. The van der Waals surface area contributed by atoms with Gasteiger partial charge in [-0.25, -0.2) is 0 Å². The summed E-state index contributed by atoms with van der Waals surface area (Å²) in [5, 5.41) is 9.21. The molecule has 0 aliphatic rings. The molecule has 0 spiro atoms. The number of rotatable bonds is 2. The van der Waals surface area contributed by atoms with Crippen molar-refractivity contribution in [2.45, 2.75) is 13.5 Å². The van der Waals surface area contributed by atoms with Crippen molar-refractivity contribution in [3.05, 3.63) is 53.9 Å². The minimum atomic E-state index is 0.0474. The first kappa shape index (κ1) is 9.87. The molecule has 1 aromatic heterocycles. The molecule has 2 nitrogen and oxygen atoms in total. The van der Waals surface area contributed by atoms with Gasteiger partial charge in [0.05, 0.1) is 6.61 Å². The molecule has 0 atom stereocenters. The molecule has 0 aliphatic heterocycles. The van der Waals surface area contributed by atoms with E-state index in [9.17, 15) is 5.11 Å². The summed E-state index contributed by atoms with van der Waals surface area (Å²) in [7, 11) is 0. The lowest BCUT2D eigenvalue weighted by Gasteiger charge is -2.06. The number of aliphatic hydroxyl groups is 1. The molecular formula is C13H13NO. The zero-order valence-electron chi connectivity index (χ0n) is 8.64. The van der Waals surface area contributed by atoms with E-state index in [2.05, 4.69) is 24.0 Å². The molecule has 1 aromatic carbocycles. The molecule has 2 aromatic rings. The van der Waals surface area contributed by atoms with Gasteiger partial charge in [0, 0.05) is 18.0 Å². The normalized spacial score (nSPS) is 10.3. The molecule has 76 valence electrons. The standard InChI is InChI=1S/C13H13NO/c1-10-2-4-11(5-3-10)13-8-14-7-6-12(13)9-15/h2-8,15H,9H2,1H3. The first-order valence-corrected chi connectivity index (χ1v) is 4.92. The molecule has 0 bridgehead atoms. The quantitative estimate of drug-likeness (QED) is 0.806. The van der Waals surface area contributed by atoms with Gasteiger partial charge in [-0.15, -0.1) is 0 Å². The van der Waals surface area contributed by atoms with Gasteiger partial charge in [-0.1, -0.05) is 29.8 Å². The van der Waals surface area contributed by atoms with E-state index >= 15 is 0 Å². The summed E-state index contributed by atoms with van der Waals surface area (Å²) in [6.45, 7) is 2.10. The van der Waals surface area contributed by atoms with Gasteiger partial charge in [0.2, 0.25) is 0 Å². The molecule has 0 radical (unpaired) electrons. The molecule has 0 fully saturated rings. The highest BCUT2D eigenvalue weighted by atomic mass is 16.3. The molecule has 2 rings (SSSR count). The van der Waals surface area contributed by atoms with E-state index in [0.717, 1.165) is 16.7 Å². The summed E-state index contributed by atoms with van der Waals surface area (Å²) in [6.07, 6.45) is 3.49. The van der Waals surface area contributed by atoms with Crippen molar-refractivity contribution >= 4 is 0 Å². The monoisotopic (exact) mass is 199 g/mol. The van der Waals surface area contributed by atoms with Crippen molar-refractivity contribution in [1.82, 2.24) is 4.98 Å². The minimum Gasteiger partial charge on any atom is -0.392 e. The van der Waals surface area contributed by atoms with Crippen LogP contribution in [0.3, 0.4) is 0 Å². The van der Waals surface area contributed by atoms with Crippen LogP contribution in [0.15, 0.2) is 42.7 Å². The van der Waals surface area contributed by atoms with Gasteiger partial charge in [-0.05, 0) is 24.1 Å². The summed E-state index contributed by atoms with van der Waals surface area (Å²) < 4.78 is 0. The van der Waals surface area contributed by atoms with E-state index in [0.29, 0.717) is 0 Å². The van der Waals surface area contributed by atoms with Crippen LogP contribution >= 0.6 is 0 Å². The van der Waals surface area contributed by atoms with Crippen molar-refractivity contribution in [1.29, 1.82) is 0 Å². The summed E-state index contributed by atoms with van der Waals surface area (Å²) in [5.41, 5.74) is 4.24. The van der Waals surface area contributed by atoms with Gasteiger partial charge < -0.3 is 5.11 Å². The van der Waals surface area contributed by atoms with Gasteiger partial charge in [-0.3, -0.25) is 4.98 Å². The Hall–Kier alpha value is -1.67. The maximum atomic E-state index is 9.21. The largest absolute Gasteiger partial charge is 0.392 e. The van der Waals surface area contributed by atoms with Crippen molar-refractivity contribution in [3.63, 3.8) is 0 Å². The number of nitrogens with zero attached hydrogens (tertiary/aromatic N) is 1. The minimum absolute atomic E-state index is 0.0474. The topological polar surface area (TPSA) is 33.1 Å². The lowest BCUT2D eigenvalue weighted by atomic mass is 10.0. The molecule has 1 heterocycles. The summed E-state index contributed by atoms with van der Waals surface area (Å²) in [6, 6.07) is 10.1. The van der Waals surface area contributed by atoms with E-state index in [-0.39, 0.29) is 6.61 Å². The summed E-state index contributed by atoms with van der Waals surface area (Å²) in [5.74, 6) is 0. The highest BCUT2D eigenvalue weighted by molar-refractivity contribution is 5.66. The maximum absolute atomic E-state index is 9.21.